The van der Waals surface area contributed by atoms with Crippen LogP contribution in [0.3, 0.4) is 0 Å². The lowest BCUT2D eigenvalue weighted by Gasteiger charge is -2.13. The summed E-state index contributed by atoms with van der Waals surface area (Å²) in [6.07, 6.45) is 0. The van der Waals surface area contributed by atoms with Crippen molar-refractivity contribution in [2.75, 3.05) is 0 Å². The zero-order valence-electron chi connectivity index (χ0n) is 10.6. The van der Waals surface area contributed by atoms with Crippen LogP contribution in [0.1, 0.15) is 21.5 Å². The lowest BCUT2D eigenvalue weighted by atomic mass is 10.1. The van der Waals surface area contributed by atoms with Crippen LogP contribution in [0, 0.1) is 11.8 Å². The fraction of sp³-hybridized carbons (Fsp3) is 0.133. The molecule has 0 radical (unpaired) electrons. The van der Waals surface area contributed by atoms with Gasteiger partial charge in [-0.2, -0.15) is 5.01 Å². The molecule has 0 N–H and O–H groups in total. The van der Waals surface area contributed by atoms with Crippen molar-refractivity contribution in [2.45, 2.75) is 13.5 Å². The average molecular weight is 254 g/mol. The van der Waals surface area contributed by atoms with Crippen LogP contribution in [-0.2, 0) is 6.54 Å². The number of hydrogen-bond donors (Lipinski definition) is 0. The van der Waals surface area contributed by atoms with Crippen LogP contribution in [0.5, 0.6) is 0 Å². The van der Waals surface area contributed by atoms with E-state index >= 15 is 0 Å². The third kappa shape index (κ3) is 3.25. The molecule has 0 bridgehead atoms. The van der Waals surface area contributed by atoms with Crippen LogP contribution in [0.25, 0.3) is 0 Å². The molecular weight excluding hydrogens is 240 g/mol. The summed E-state index contributed by atoms with van der Waals surface area (Å²) in [6.45, 7) is 2.16. The van der Waals surface area contributed by atoms with Gasteiger partial charge >= 0.3 is 0 Å². The second-order valence-electron chi connectivity index (χ2n) is 4.30. The lowest BCUT2D eigenvalue weighted by molar-refractivity contribution is 0.0745. The molecule has 96 valence electrons. The maximum absolute atomic E-state index is 12.1. The number of rotatable bonds is 4. The normalized spacial score (nSPS) is 9.95. The predicted octanol–water partition coefficient (Wildman–Crippen LogP) is 3.32. The first kappa shape index (κ1) is 13.0. The third-order valence-electron chi connectivity index (χ3n) is 2.81. The van der Waals surface area contributed by atoms with Gasteiger partial charge in [-0.1, -0.05) is 48.0 Å². The van der Waals surface area contributed by atoms with E-state index in [1.54, 1.807) is 24.3 Å². The molecular formula is C15H14N2O2. The van der Waals surface area contributed by atoms with Crippen molar-refractivity contribution < 1.29 is 4.79 Å². The first-order chi connectivity index (χ1) is 9.20. The summed E-state index contributed by atoms with van der Waals surface area (Å²) >= 11 is 0. The summed E-state index contributed by atoms with van der Waals surface area (Å²) in [7, 11) is 0. The first-order valence-electron chi connectivity index (χ1n) is 5.96. The van der Waals surface area contributed by atoms with Crippen molar-refractivity contribution in [1.29, 1.82) is 0 Å². The molecule has 0 aliphatic rings. The van der Waals surface area contributed by atoms with Crippen LogP contribution < -0.4 is 0 Å². The molecule has 0 fully saturated rings. The van der Waals surface area contributed by atoms with Crippen molar-refractivity contribution in [3.63, 3.8) is 0 Å². The van der Waals surface area contributed by atoms with Crippen molar-refractivity contribution in [3.05, 3.63) is 76.2 Å². The minimum atomic E-state index is -0.392. The van der Waals surface area contributed by atoms with Gasteiger partial charge in [0.05, 0.1) is 11.8 Å². The van der Waals surface area contributed by atoms with Gasteiger partial charge in [0, 0.05) is 5.56 Å². The molecule has 2 aromatic carbocycles. The van der Waals surface area contributed by atoms with Gasteiger partial charge in [0.1, 0.15) is 0 Å². The quantitative estimate of drug-likeness (QED) is 0.620. The van der Waals surface area contributed by atoms with E-state index in [4.69, 9.17) is 0 Å². The summed E-state index contributed by atoms with van der Waals surface area (Å²) in [4.78, 5) is 22.9. The monoisotopic (exact) mass is 254 g/mol. The van der Waals surface area contributed by atoms with Crippen LogP contribution in [0.4, 0.5) is 0 Å². The zero-order valence-corrected chi connectivity index (χ0v) is 10.6. The van der Waals surface area contributed by atoms with E-state index in [0.29, 0.717) is 5.56 Å². The fourth-order valence-corrected chi connectivity index (χ4v) is 1.73. The SMILES string of the molecule is Cc1ccc(CN(N=O)C(=O)c2ccccc2)cc1. The van der Waals surface area contributed by atoms with Crippen LogP contribution in [-0.4, -0.2) is 10.9 Å². The molecule has 4 heteroatoms. The maximum atomic E-state index is 12.1. The van der Waals surface area contributed by atoms with Crippen molar-refractivity contribution >= 4 is 5.91 Å². The Hall–Kier alpha value is -2.49. The highest BCUT2D eigenvalue weighted by molar-refractivity contribution is 5.93. The first-order valence-corrected chi connectivity index (χ1v) is 5.96. The number of carbonyl (C=O) groups excluding carboxylic acids is 1. The van der Waals surface area contributed by atoms with E-state index in [2.05, 4.69) is 5.29 Å². The average Bonchev–Trinajstić information content (AvgIpc) is 2.47. The largest absolute Gasteiger partial charge is 0.276 e. The van der Waals surface area contributed by atoms with Crippen LogP contribution >= 0.6 is 0 Å². The van der Waals surface area contributed by atoms with Crippen LogP contribution in [0.15, 0.2) is 59.9 Å². The topological polar surface area (TPSA) is 49.7 Å². The van der Waals surface area contributed by atoms with Gasteiger partial charge in [0.15, 0.2) is 0 Å². The molecule has 1 amide bonds. The number of amides is 1. The van der Waals surface area contributed by atoms with Gasteiger partial charge in [-0.3, -0.25) is 4.79 Å². The molecule has 0 atom stereocenters. The summed E-state index contributed by atoms with van der Waals surface area (Å²) in [5.41, 5.74) is 2.45. The highest BCUT2D eigenvalue weighted by atomic mass is 16.3. The van der Waals surface area contributed by atoms with E-state index in [-0.39, 0.29) is 6.54 Å². The molecule has 4 nitrogen and oxygen atoms in total. The molecule has 0 aliphatic carbocycles. The van der Waals surface area contributed by atoms with E-state index in [0.717, 1.165) is 16.1 Å². The number of benzene rings is 2. The Bertz CT molecular complexity index is 564. The number of aryl methyl sites for hydroxylation is 1. The Balaban J connectivity index is 2.14. The lowest BCUT2D eigenvalue weighted by Crippen LogP contribution is -2.24. The summed E-state index contributed by atoms with van der Waals surface area (Å²) in [6, 6.07) is 16.3. The summed E-state index contributed by atoms with van der Waals surface area (Å²) < 4.78 is 0. The molecule has 0 spiro atoms. The molecule has 2 rings (SSSR count). The summed E-state index contributed by atoms with van der Waals surface area (Å²) in [5, 5.41) is 3.75. The Morgan fingerprint density at radius 1 is 1.05 bits per heavy atom. The van der Waals surface area contributed by atoms with E-state index in [1.165, 1.54) is 0 Å². The van der Waals surface area contributed by atoms with Crippen molar-refractivity contribution in [3.8, 4) is 0 Å². The smallest absolute Gasteiger partial charge is 0.267 e. The van der Waals surface area contributed by atoms with Gasteiger partial charge in [-0.05, 0) is 24.6 Å². The van der Waals surface area contributed by atoms with E-state index in [9.17, 15) is 9.70 Å². The molecule has 0 saturated heterocycles. The third-order valence-corrected chi connectivity index (χ3v) is 2.81. The minimum absolute atomic E-state index is 0.178. The second kappa shape index (κ2) is 5.91. The van der Waals surface area contributed by atoms with Crippen molar-refractivity contribution in [2.24, 2.45) is 5.29 Å². The molecule has 0 aliphatic heterocycles. The number of carbonyl (C=O) groups is 1. The van der Waals surface area contributed by atoms with Gasteiger partial charge in [-0.15, -0.1) is 4.91 Å². The molecule has 0 heterocycles. The van der Waals surface area contributed by atoms with Gasteiger partial charge in [-0.25, -0.2) is 0 Å². The Morgan fingerprint density at radius 2 is 1.68 bits per heavy atom. The van der Waals surface area contributed by atoms with E-state index in [1.807, 2.05) is 37.3 Å². The van der Waals surface area contributed by atoms with E-state index < -0.39 is 5.91 Å². The Labute approximate surface area is 111 Å². The maximum Gasteiger partial charge on any atom is 0.276 e. The Kier molecular flexibility index (Phi) is 4.03. The number of hydrogen-bond acceptors (Lipinski definition) is 3. The fourth-order valence-electron chi connectivity index (χ4n) is 1.73. The molecule has 2 aromatic rings. The minimum Gasteiger partial charge on any atom is -0.267 e. The highest BCUT2D eigenvalue weighted by Crippen LogP contribution is 2.11. The van der Waals surface area contributed by atoms with Gasteiger partial charge in [0.25, 0.3) is 5.91 Å². The molecule has 0 unspecified atom stereocenters. The van der Waals surface area contributed by atoms with Gasteiger partial charge < -0.3 is 0 Å². The number of nitroso groups, excluding NO2 is 1. The van der Waals surface area contributed by atoms with Crippen LogP contribution in [0.2, 0.25) is 0 Å². The second-order valence-corrected chi connectivity index (χ2v) is 4.30. The molecule has 0 aromatic heterocycles. The standard InChI is InChI=1S/C15H14N2O2/c1-12-7-9-13(10-8-12)11-17(16-19)15(18)14-5-3-2-4-6-14/h2-10H,11H2,1H3. The zero-order chi connectivity index (χ0) is 13.7. The highest BCUT2D eigenvalue weighted by Gasteiger charge is 2.16. The van der Waals surface area contributed by atoms with Gasteiger partial charge in [0.2, 0.25) is 0 Å². The summed E-state index contributed by atoms with van der Waals surface area (Å²) in [5.74, 6) is -0.392. The molecule has 19 heavy (non-hydrogen) atoms. The van der Waals surface area contributed by atoms with Crippen molar-refractivity contribution in [1.82, 2.24) is 5.01 Å². The molecule has 0 saturated carbocycles. The predicted molar refractivity (Wildman–Crippen MR) is 73.3 cm³/mol. The Morgan fingerprint density at radius 3 is 2.26 bits per heavy atom. The number of nitrogens with zero attached hydrogens (tertiary/aromatic N) is 2.